The summed E-state index contributed by atoms with van der Waals surface area (Å²) in [5.74, 6) is -0.392. The lowest BCUT2D eigenvalue weighted by Gasteiger charge is -2.22. The lowest BCUT2D eigenvalue weighted by molar-refractivity contribution is 0.0697. The molecule has 0 atom stereocenters. The normalized spacial score (nSPS) is 12.5. The van der Waals surface area contributed by atoms with Gasteiger partial charge in [-0.25, -0.2) is 4.79 Å². The van der Waals surface area contributed by atoms with Crippen molar-refractivity contribution in [3.05, 3.63) is 82.4 Å². The van der Waals surface area contributed by atoms with E-state index in [9.17, 15) is 9.90 Å². The summed E-state index contributed by atoms with van der Waals surface area (Å²) in [6.07, 6.45) is 0.889. The first-order valence-corrected chi connectivity index (χ1v) is 10.1. The second-order valence-corrected chi connectivity index (χ2v) is 7.81. The van der Waals surface area contributed by atoms with Gasteiger partial charge in [0, 0.05) is 24.3 Å². The third-order valence-electron chi connectivity index (χ3n) is 5.75. The molecule has 3 aromatic rings. The van der Waals surface area contributed by atoms with Crippen LogP contribution in [0.2, 0.25) is 0 Å². The number of benzene rings is 3. The maximum absolute atomic E-state index is 11.9. The average molecular weight is 415 g/mol. The Morgan fingerprint density at radius 1 is 1.13 bits per heavy atom. The minimum absolute atomic E-state index is 0.0722. The number of carbonyl (C=O) groups is 1. The zero-order chi connectivity index (χ0) is 22.1. The summed E-state index contributed by atoms with van der Waals surface area (Å²) in [6, 6.07) is 17.2. The molecule has 6 nitrogen and oxygen atoms in total. The van der Waals surface area contributed by atoms with Crippen LogP contribution in [0.5, 0.6) is 5.75 Å². The van der Waals surface area contributed by atoms with E-state index in [-0.39, 0.29) is 11.4 Å². The molecule has 0 fully saturated rings. The molecule has 1 aliphatic rings. The van der Waals surface area contributed by atoms with Crippen molar-refractivity contribution in [3.63, 3.8) is 0 Å². The molecule has 31 heavy (non-hydrogen) atoms. The number of hydrogen-bond donors (Lipinski definition) is 3. The molecular weight excluding hydrogens is 390 g/mol. The predicted molar refractivity (Wildman–Crippen MR) is 122 cm³/mol. The molecule has 0 spiro atoms. The first kappa shape index (κ1) is 20.5. The maximum atomic E-state index is 11.9. The lowest BCUT2D eigenvalue weighted by atomic mass is 9.93. The third-order valence-corrected chi connectivity index (χ3v) is 5.75. The van der Waals surface area contributed by atoms with Crippen LogP contribution in [0.3, 0.4) is 0 Å². The van der Waals surface area contributed by atoms with Crippen LogP contribution in [-0.2, 0) is 13.0 Å². The molecule has 0 saturated carbocycles. The van der Waals surface area contributed by atoms with Gasteiger partial charge >= 0.3 is 5.97 Å². The van der Waals surface area contributed by atoms with Crippen LogP contribution in [0.1, 0.15) is 32.6 Å². The summed E-state index contributed by atoms with van der Waals surface area (Å²) in [6.45, 7) is 3.56. The van der Waals surface area contributed by atoms with Crippen molar-refractivity contribution >= 4 is 17.5 Å². The van der Waals surface area contributed by atoms with E-state index in [0.29, 0.717) is 17.9 Å². The van der Waals surface area contributed by atoms with E-state index in [1.807, 2.05) is 43.3 Å². The number of nitrogens with zero attached hydrogens (tertiary/aromatic N) is 1. The fraction of sp³-hybridized carbons (Fsp3) is 0.200. The number of amidine groups is 1. The summed E-state index contributed by atoms with van der Waals surface area (Å²) >= 11 is 0. The minimum atomic E-state index is -0.983. The molecular formula is C25H25N3O3. The zero-order valence-corrected chi connectivity index (χ0v) is 17.6. The fourth-order valence-corrected chi connectivity index (χ4v) is 4.19. The Morgan fingerprint density at radius 2 is 1.90 bits per heavy atom. The molecule has 6 heteroatoms. The first-order chi connectivity index (χ1) is 14.9. The lowest BCUT2D eigenvalue weighted by Crippen LogP contribution is -2.20. The van der Waals surface area contributed by atoms with Crippen molar-refractivity contribution in [2.45, 2.75) is 19.9 Å². The zero-order valence-electron chi connectivity index (χ0n) is 17.6. The molecule has 0 unspecified atom stereocenters. The van der Waals surface area contributed by atoms with E-state index in [4.69, 9.17) is 15.9 Å². The molecule has 1 heterocycles. The number of carboxylic acid groups (broad SMARTS) is 1. The Bertz CT molecular complexity index is 1190. The van der Waals surface area contributed by atoms with Gasteiger partial charge in [-0.05, 0) is 72.0 Å². The average Bonchev–Trinajstić information content (AvgIpc) is 3.15. The monoisotopic (exact) mass is 415 g/mol. The Kier molecular flexibility index (Phi) is 5.38. The molecule has 0 radical (unpaired) electrons. The SMILES string of the molecule is COc1ccc(-c2ccc(C)cc2CN2CCc3cc(C(=N)N)ccc32)c(C(=O)O)c1. The van der Waals surface area contributed by atoms with Crippen LogP contribution in [0.15, 0.2) is 54.6 Å². The number of hydrogen-bond acceptors (Lipinski definition) is 4. The highest BCUT2D eigenvalue weighted by Crippen LogP contribution is 2.35. The van der Waals surface area contributed by atoms with E-state index >= 15 is 0 Å². The molecule has 0 saturated heterocycles. The van der Waals surface area contributed by atoms with Gasteiger partial charge in [-0.3, -0.25) is 5.41 Å². The van der Waals surface area contributed by atoms with Crippen LogP contribution in [0, 0.1) is 12.3 Å². The number of rotatable bonds is 6. The van der Waals surface area contributed by atoms with Gasteiger partial charge in [0.15, 0.2) is 0 Å². The Labute approximate surface area is 181 Å². The highest BCUT2D eigenvalue weighted by molar-refractivity contribution is 5.97. The topological polar surface area (TPSA) is 99.6 Å². The van der Waals surface area contributed by atoms with E-state index in [1.54, 1.807) is 12.1 Å². The van der Waals surface area contributed by atoms with Crippen LogP contribution >= 0.6 is 0 Å². The largest absolute Gasteiger partial charge is 0.497 e. The molecule has 4 N–H and O–H groups in total. The van der Waals surface area contributed by atoms with Gasteiger partial charge in [0.25, 0.3) is 0 Å². The molecule has 4 rings (SSSR count). The van der Waals surface area contributed by atoms with E-state index in [0.717, 1.165) is 40.9 Å². The second-order valence-electron chi connectivity index (χ2n) is 7.81. The van der Waals surface area contributed by atoms with Gasteiger partial charge in [-0.2, -0.15) is 0 Å². The Hall–Kier alpha value is -3.80. The Balaban J connectivity index is 1.74. The molecule has 158 valence electrons. The Morgan fingerprint density at radius 3 is 2.61 bits per heavy atom. The number of nitrogen functional groups attached to an aromatic ring is 1. The third kappa shape index (κ3) is 3.97. The number of ether oxygens (including phenoxy) is 1. The van der Waals surface area contributed by atoms with Gasteiger partial charge in [-0.15, -0.1) is 0 Å². The van der Waals surface area contributed by atoms with E-state index in [2.05, 4.69) is 11.0 Å². The van der Waals surface area contributed by atoms with Crippen molar-refractivity contribution in [2.75, 3.05) is 18.6 Å². The van der Waals surface area contributed by atoms with Crippen LogP contribution < -0.4 is 15.4 Å². The number of aryl methyl sites for hydroxylation is 1. The summed E-state index contributed by atoms with van der Waals surface area (Å²) in [4.78, 5) is 14.2. The quantitative estimate of drug-likeness (QED) is 0.414. The molecule has 0 aliphatic carbocycles. The van der Waals surface area contributed by atoms with Gasteiger partial charge in [0.1, 0.15) is 11.6 Å². The summed E-state index contributed by atoms with van der Waals surface area (Å²) in [5, 5.41) is 17.4. The molecule has 1 aliphatic heterocycles. The minimum Gasteiger partial charge on any atom is -0.497 e. The van der Waals surface area contributed by atoms with Crippen molar-refractivity contribution in [2.24, 2.45) is 5.73 Å². The van der Waals surface area contributed by atoms with Crippen molar-refractivity contribution in [1.82, 2.24) is 0 Å². The number of anilines is 1. The van der Waals surface area contributed by atoms with Gasteiger partial charge in [0.05, 0.1) is 12.7 Å². The number of fused-ring (bicyclic) bond motifs is 1. The number of carboxylic acids is 1. The van der Waals surface area contributed by atoms with Gasteiger partial charge in [0.2, 0.25) is 0 Å². The van der Waals surface area contributed by atoms with Gasteiger partial charge < -0.3 is 20.5 Å². The highest BCUT2D eigenvalue weighted by atomic mass is 16.5. The maximum Gasteiger partial charge on any atom is 0.336 e. The highest BCUT2D eigenvalue weighted by Gasteiger charge is 2.22. The molecule has 3 aromatic carbocycles. The summed E-state index contributed by atoms with van der Waals surface area (Å²) in [5.41, 5.74) is 12.7. The number of aromatic carboxylic acids is 1. The predicted octanol–water partition coefficient (Wildman–Crippen LogP) is 4.22. The van der Waals surface area contributed by atoms with E-state index in [1.165, 1.54) is 12.7 Å². The van der Waals surface area contributed by atoms with Crippen molar-refractivity contribution in [1.29, 1.82) is 5.41 Å². The van der Waals surface area contributed by atoms with E-state index < -0.39 is 5.97 Å². The summed E-state index contributed by atoms with van der Waals surface area (Å²) in [7, 11) is 1.53. The second kappa shape index (κ2) is 8.14. The van der Waals surface area contributed by atoms with Gasteiger partial charge in [-0.1, -0.05) is 23.8 Å². The summed E-state index contributed by atoms with van der Waals surface area (Å²) < 4.78 is 5.22. The van der Waals surface area contributed by atoms with Crippen LogP contribution in [-0.4, -0.2) is 30.6 Å². The molecule has 0 aromatic heterocycles. The number of nitrogens with one attached hydrogen (secondary N) is 1. The molecule has 0 amide bonds. The van der Waals surface area contributed by atoms with Crippen molar-refractivity contribution in [3.8, 4) is 16.9 Å². The fourth-order valence-electron chi connectivity index (χ4n) is 4.19. The first-order valence-electron chi connectivity index (χ1n) is 10.1. The number of nitrogens with two attached hydrogens (primary N) is 1. The van der Waals surface area contributed by atoms with Crippen LogP contribution in [0.4, 0.5) is 5.69 Å². The standard InChI is InChI=1S/C25H25N3O3/c1-15-3-6-20(21-7-5-19(31-2)13-22(21)25(29)30)18(11-15)14-28-10-9-16-12-17(24(26)27)4-8-23(16)28/h3-8,11-13H,9-10,14H2,1-2H3,(H3,26,27)(H,29,30). The number of methoxy groups -OCH3 is 1. The molecule has 0 bridgehead atoms. The smallest absolute Gasteiger partial charge is 0.336 e. The van der Waals surface area contributed by atoms with Crippen molar-refractivity contribution < 1.29 is 14.6 Å². The van der Waals surface area contributed by atoms with Crippen LogP contribution in [0.25, 0.3) is 11.1 Å².